The molecule has 2 aromatic rings. The van der Waals surface area contributed by atoms with E-state index in [0.717, 1.165) is 6.42 Å². The highest BCUT2D eigenvalue weighted by molar-refractivity contribution is 5.93. The van der Waals surface area contributed by atoms with Crippen LogP contribution in [0.25, 0.3) is 0 Å². The van der Waals surface area contributed by atoms with E-state index in [2.05, 4.69) is 21.4 Å². The highest BCUT2D eigenvalue weighted by Gasteiger charge is 2.42. The van der Waals surface area contributed by atoms with Gasteiger partial charge in [0.15, 0.2) is 0 Å². The first-order valence-electron chi connectivity index (χ1n) is 9.41. The van der Waals surface area contributed by atoms with Crippen molar-refractivity contribution in [1.82, 2.24) is 15.4 Å². The second-order valence-corrected chi connectivity index (χ2v) is 7.28. The fourth-order valence-corrected chi connectivity index (χ4v) is 4.40. The van der Waals surface area contributed by atoms with E-state index in [-0.39, 0.29) is 5.91 Å². The molecule has 5 rings (SSSR count). The van der Waals surface area contributed by atoms with Crippen LogP contribution in [0.4, 0.5) is 0 Å². The number of fused-ring (bicyclic) bond motifs is 3. The molecule has 0 aliphatic carbocycles. The largest absolute Gasteiger partial charge is 0.300 e. The number of carbonyl (C=O) groups is 1. The lowest BCUT2D eigenvalue weighted by Crippen LogP contribution is -2.57. The van der Waals surface area contributed by atoms with Crippen molar-refractivity contribution in [2.24, 2.45) is 11.8 Å². The van der Waals surface area contributed by atoms with Crippen molar-refractivity contribution in [3.05, 3.63) is 66.0 Å². The Morgan fingerprint density at radius 2 is 1.96 bits per heavy atom. The molecule has 1 N–H and O–H groups in total. The Morgan fingerprint density at radius 3 is 2.69 bits per heavy atom. The van der Waals surface area contributed by atoms with E-state index < -0.39 is 0 Å². The highest BCUT2D eigenvalue weighted by Crippen LogP contribution is 2.38. The van der Waals surface area contributed by atoms with Crippen molar-refractivity contribution in [3.63, 3.8) is 0 Å². The molecule has 2 unspecified atom stereocenters. The third kappa shape index (κ3) is 3.79. The van der Waals surface area contributed by atoms with E-state index in [4.69, 9.17) is 4.84 Å². The van der Waals surface area contributed by atoms with Gasteiger partial charge in [0.1, 0.15) is 0 Å². The topological polar surface area (TPSA) is 54.5 Å². The molecule has 2 atom stereocenters. The minimum atomic E-state index is -0.185. The highest BCUT2D eigenvalue weighted by atomic mass is 16.7. The zero-order chi connectivity index (χ0) is 17.8. The summed E-state index contributed by atoms with van der Waals surface area (Å²) >= 11 is 0. The summed E-state index contributed by atoms with van der Waals surface area (Å²) in [6.07, 6.45) is 7.22. The van der Waals surface area contributed by atoms with Crippen LogP contribution in [-0.2, 0) is 11.3 Å². The summed E-state index contributed by atoms with van der Waals surface area (Å²) in [6, 6.07) is 13.8. The van der Waals surface area contributed by atoms with Crippen molar-refractivity contribution in [2.45, 2.75) is 25.3 Å². The average Bonchev–Trinajstić information content (AvgIpc) is 2.71. The Morgan fingerprint density at radius 1 is 1.15 bits per heavy atom. The van der Waals surface area contributed by atoms with Gasteiger partial charge >= 0.3 is 0 Å². The van der Waals surface area contributed by atoms with Gasteiger partial charge in [-0.15, -0.1) is 0 Å². The maximum atomic E-state index is 12.2. The summed E-state index contributed by atoms with van der Waals surface area (Å²) in [7, 11) is 0. The van der Waals surface area contributed by atoms with E-state index in [0.29, 0.717) is 30.0 Å². The van der Waals surface area contributed by atoms with Crippen molar-refractivity contribution < 1.29 is 9.63 Å². The number of aromatic nitrogens is 1. The first-order chi connectivity index (χ1) is 12.8. The van der Waals surface area contributed by atoms with Crippen LogP contribution in [0.5, 0.6) is 0 Å². The molecule has 5 heteroatoms. The standard InChI is InChI=1S/C21H25N3O2/c25-21(18-6-2-1-3-7-18)23-26-15-19-17-8-11-24(12-9-17)20(19)13-16-5-4-10-22-14-16/h1-7,10,14,17,19-20H,8-9,11-13,15H2,(H,23,25). The second-order valence-electron chi connectivity index (χ2n) is 7.28. The summed E-state index contributed by atoms with van der Waals surface area (Å²) < 4.78 is 0. The Kier molecular flexibility index (Phi) is 5.27. The van der Waals surface area contributed by atoms with Crippen molar-refractivity contribution in [2.75, 3.05) is 19.7 Å². The third-order valence-corrected chi connectivity index (χ3v) is 5.79. The summed E-state index contributed by atoms with van der Waals surface area (Å²) in [5.41, 5.74) is 4.51. The lowest BCUT2D eigenvalue weighted by Gasteiger charge is -2.51. The van der Waals surface area contributed by atoms with Crippen LogP contribution in [-0.4, -0.2) is 41.5 Å². The third-order valence-electron chi connectivity index (χ3n) is 5.79. The monoisotopic (exact) mass is 351 g/mol. The Labute approximate surface area is 154 Å². The van der Waals surface area contributed by atoms with Gasteiger partial charge in [-0.1, -0.05) is 24.3 Å². The normalized spacial score (nSPS) is 27.2. The predicted octanol–water partition coefficient (Wildman–Crippen LogP) is 2.70. The van der Waals surface area contributed by atoms with Gasteiger partial charge in [0, 0.05) is 29.9 Å². The molecule has 3 aliphatic heterocycles. The summed E-state index contributed by atoms with van der Waals surface area (Å²) in [4.78, 5) is 24.7. The summed E-state index contributed by atoms with van der Waals surface area (Å²) in [5.74, 6) is 0.930. The molecule has 3 saturated heterocycles. The van der Waals surface area contributed by atoms with E-state index in [1.807, 2.05) is 36.7 Å². The summed E-state index contributed by atoms with van der Waals surface area (Å²) in [6.45, 7) is 2.90. The first-order valence-corrected chi connectivity index (χ1v) is 9.41. The molecule has 1 aromatic carbocycles. The lowest BCUT2D eigenvalue weighted by molar-refractivity contribution is -0.0689. The lowest BCUT2D eigenvalue weighted by atomic mass is 9.72. The molecule has 3 fully saturated rings. The number of hydroxylamine groups is 1. The number of piperidine rings is 3. The number of hydrogen-bond acceptors (Lipinski definition) is 4. The number of pyridine rings is 1. The van der Waals surface area contributed by atoms with E-state index in [1.54, 1.807) is 12.1 Å². The average molecular weight is 351 g/mol. The maximum absolute atomic E-state index is 12.2. The van der Waals surface area contributed by atoms with Crippen LogP contribution < -0.4 is 5.48 Å². The van der Waals surface area contributed by atoms with Gasteiger partial charge in [-0.25, -0.2) is 5.48 Å². The molecule has 2 bridgehead atoms. The first kappa shape index (κ1) is 17.2. The number of carbonyl (C=O) groups excluding carboxylic acids is 1. The molecule has 1 aromatic heterocycles. The number of nitrogens with zero attached hydrogens (tertiary/aromatic N) is 2. The van der Waals surface area contributed by atoms with Gasteiger partial charge < -0.3 is 0 Å². The van der Waals surface area contributed by atoms with Crippen molar-refractivity contribution >= 4 is 5.91 Å². The molecule has 0 radical (unpaired) electrons. The van der Waals surface area contributed by atoms with E-state index in [9.17, 15) is 4.79 Å². The number of amides is 1. The van der Waals surface area contributed by atoms with Crippen LogP contribution in [0.1, 0.15) is 28.8 Å². The number of hydrogen-bond donors (Lipinski definition) is 1. The molecule has 4 heterocycles. The van der Waals surface area contributed by atoms with Gasteiger partial charge in [0.2, 0.25) is 0 Å². The van der Waals surface area contributed by atoms with Crippen molar-refractivity contribution in [1.29, 1.82) is 0 Å². The van der Waals surface area contributed by atoms with E-state index in [1.165, 1.54) is 31.5 Å². The molecule has 136 valence electrons. The number of nitrogens with one attached hydrogen (secondary N) is 1. The fraction of sp³-hybridized carbons (Fsp3) is 0.429. The molecule has 0 spiro atoms. The molecule has 5 nitrogen and oxygen atoms in total. The SMILES string of the molecule is O=C(NOCC1C2CCN(CC2)C1Cc1cccnc1)c1ccccc1. The van der Waals surface area contributed by atoms with Gasteiger partial charge in [-0.05, 0) is 62.0 Å². The van der Waals surface area contributed by atoms with E-state index >= 15 is 0 Å². The Bertz CT molecular complexity index is 715. The van der Waals surface area contributed by atoms with Gasteiger partial charge in [0.05, 0.1) is 6.61 Å². The van der Waals surface area contributed by atoms with Crippen LogP contribution in [0.3, 0.4) is 0 Å². The Hall–Kier alpha value is -2.24. The van der Waals surface area contributed by atoms with Gasteiger partial charge in [0.25, 0.3) is 5.91 Å². The predicted molar refractivity (Wildman–Crippen MR) is 99.4 cm³/mol. The van der Waals surface area contributed by atoms with Gasteiger partial charge in [-0.3, -0.25) is 19.5 Å². The van der Waals surface area contributed by atoms with Crippen LogP contribution in [0, 0.1) is 11.8 Å². The van der Waals surface area contributed by atoms with Gasteiger partial charge in [-0.2, -0.15) is 0 Å². The van der Waals surface area contributed by atoms with Crippen LogP contribution >= 0.6 is 0 Å². The quantitative estimate of drug-likeness (QED) is 0.813. The van der Waals surface area contributed by atoms with Crippen LogP contribution in [0.15, 0.2) is 54.9 Å². The minimum absolute atomic E-state index is 0.185. The number of rotatable bonds is 6. The molecular weight excluding hydrogens is 326 g/mol. The zero-order valence-corrected chi connectivity index (χ0v) is 14.9. The molecule has 0 saturated carbocycles. The fourth-order valence-electron chi connectivity index (χ4n) is 4.40. The van der Waals surface area contributed by atoms with Crippen LogP contribution in [0.2, 0.25) is 0 Å². The zero-order valence-electron chi connectivity index (χ0n) is 14.9. The molecule has 26 heavy (non-hydrogen) atoms. The second kappa shape index (κ2) is 7.98. The molecular formula is C21H25N3O2. The maximum Gasteiger partial charge on any atom is 0.274 e. The van der Waals surface area contributed by atoms with Crippen molar-refractivity contribution in [3.8, 4) is 0 Å². The smallest absolute Gasteiger partial charge is 0.274 e. The summed E-state index contributed by atoms with van der Waals surface area (Å²) in [5, 5.41) is 0. The number of benzene rings is 1. The molecule has 3 aliphatic rings. The Balaban J connectivity index is 1.38. The molecule has 1 amide bonds. The minimum Gasteiger partial charge on any atom is -0.300 e.